The molecule has 1 heterocycles. The number of aryl methyl sites for hydroxylation is 1. The first kappa shape index (κ1) is 15.0. The van der Waals surface area contributed by atoms with Crippen LogP contribution in [0.5, 0.6) is 5.75 Å². The highest BCUT2D eigenvalue weighted by Gasteiger charge is 2.49. The van der Waals surface area contributed by atoms with Crippen LogP contribution in [0.1, 0.15) is 25.0 Å². The fourth-order valence-corrected chi connectivity index (χ4v) is 2.45. The maximum atomic E-state index is 12.5. The molecule has 1 fully saturated rings. The number of rotatable bonds is 4. The van der Waals surface area contributed by atoms with Gasteiger partial charge >= 0.3 is 6.03 Å². The second-order valence-corrected chi connectivity index (χ2v) is 5.33. The summed E-state index contributed by atoms with van der Waals surface area (Å²) in [7, 11) is 1.57. The van der Waals surface area contributed by atoms with Crippen LogP contribution in [0.2, 0.25) is 0 Å². The summed E-state index contributed by atoms with van der Waals surface area (Å²) in [6.45, 7) is 4.62. The van der Waals surface area contributed by atoms with E-state index in [2.05, 4.69) is 5.32 Å². The quantitative estimate of drug-likeness (QED) is 0.850. The van der Waals surface area contributed by atoms with Crippen LogP contribution in [0.3, 0.4) is 0 Å². The van der Waals surface area contributed by atoms with Gasteiger partial charge in [0, 0.05) is 0 Å². The zero-order chi connectivity index (χ0) is 15.8. The van der Waals surface area contributed by atoms with Crippen molar-refractivity contribution in [2.45, 2.75) is 26.3 Å². The van der Waals surface area contributed by atoms with E-state index in [0.717, 1.165) is 10.5 Å². The Morgan fingerprint density at radius 2 is 2.05 bits per heavy atom. The topological polar surface area (TPSA) is 75.7 Å². The third kappa shape index (κ3) is 2.49. The number of carbonyl (C=O) groups is 3. The first-order valence-electron chi connectivity index (χ1n) is 6.58. The van der Waals surface area contributed by atoms with Crippen LogP contribution in [0.15, 0.2) is 18.2 Å². The van der Waals surface area contributed by atoms with Crippen molar-refractivity contribution < 1.29 is 19.1 Å². The van der Waals surface area contributed by atoms with Crippen LogP contribution >= 0.6 is 0 Å². The van der Waals surface area contributed by atoms with E-state index in [9.17, 15) is 14.4 Å². The van der Waals surface area contributed by atoms with Crippen LogP contribution in [0, 0.1) is 6.92 Å². The summed E-state index contributed by atoms with van der Waals surface area (Å²) >= 11 is 0. The van der Waals surface area contributed by atoms with Crippen molar-refractivity contribution in [1.29, 1.82) is 0 Å². The Balaban J connectivity index is 2.39. The summed E-state index contributed by atoms with van der Waals surface area (Å²) in [5.74, 6) is 0.0423. The molecule has 0 bridgehead atoms. The average molecular weight is 290 g/mol. The van der Waals surface area contributed by atoms with Crippen molar-refractivity contribution >= 4 is 17.7 Å². The van der Waals surface area contributed by atoms with E-state index in [1.807, 2.05) is 6.92 Å². The molecule has 6 heteroatoms. The van der Waals surface area contributed by atoms with Crippen molar-refractivity contribution in [3.05, 3.63) is 29.3 Å². The molecule has 0 aromatic heterocycles. The molecular weight excluding hydrogens is 272 g/mol. The molecule has 21 heavy (non-hydrogen) atoms. The minimum Gasteiger partial charge on any atom is -0.496 e. The van der Waals surface area contributed by atoms with Gasteiger partial charge in [0.25, 0.3) is 5.91 Å². The van der Waals surface area contributed by atoms with Gasteiger partial charge in [0.05, 0.1) is 13.7 Å². The smallest absolute Gasteiger partial charge is 0.325 e. The molecule has 0 radical (unpaired) electrons. The summed E-state index contributed by atoms with van der Waals surface area (Å²) in [5.41, 5.74) is 0.359. The Hall–Kier alpha value is -2.37. The molecule has 1 aromatic carbocycles. The maximum absolute atomic E-state index is 12.5. The lowest BCUT2D eigenvalue weighted by Crippen LogP contribution is -2.41. The number of imide groups is 1. The highest BCUT2D eigenvalue weighted by molar-refractivity contribution is 6.09. The van der Waals surface area contributed by atoms with Gasteiger partial charge in [-0.05, 0) is 44.0 Å². The minimum absolute atomic E-state index is 0.213. The van der Waals surface area contributed by atoms with Gasteiger partial charge in [-0.3, -0.25) is 14.5 Å². The van der Waals surface area contributed by atoms with Crippen LogP contribution in [0.25, 0.3) is 0 Å². The van der Waals surface area contributed by atoms with E-state index in [4.69, 9.17) is 4.74 Å². The van der Waals surface area contributed by atoms with Gasteiger partial charge in [0.1, 0.15) is 17.1 Å². The normalized spacial score (nSPS) is 21.4. The number of nitrogens with one attached hydrogen (secondary N) is 1. The van der Waals surface area contributed by atoms with Gasteiger partial charge in [-0.1, -0.05) is 6.07 Å². The Morgan fingerprint density at radius 3 is 2.57 bits per heavy atom. The lowest BCUT2D eigenvalue weighted by Gasteiger charge is -2.23. The standard InChI is InChI=1S/C15H18N2O4/c1-9-7-11(5-6-12(9)21-4)15(3)13(19)17(8-10(2)18)14(20)16-15/h5-7H,8H2,1-4H3,(H,16,20). The number of amides is 3. The highest BCUT2D eigenvalue weighted by atomic mass is 16.5. The van der Waals surface area contributed by atoms with E-state index < -0.39 is 17.5 Å². The van der Waals surface area contributed by atoms with Crippen LogP contribution in [0.4, 0.5) is 4.79 Å². The summed E-state index contributed by atoms with van der Waals surface area (Å²) in [6, 6.07) is 4.74. The molecule has 1 atom stereocenters. The Kier molecular flexibility index (Phi) is 3.72. The molecule has 1 aliphatic heterocycles. The molecular formula is C15H18N2O4. The molecule has 1 unspecified atom stereocenters. The summed E-state index contributed by atoms with van der Waals surface area (Å²) < 4.78 is 5.19. The molecule has 3 amide bonds. The zero-order valence-electron chi connectivity index (χ0n) is 12.5. The molecule has 112 valence electrons. The third-order valence-electron chi connectivity index (χ3n) is 3.63. The fraction of sp³-hybridized carbons (Fsp3) is 0.400. The van der Waals surface area contributed by atoms with Crippen molar-refractivity contribution in [3.8, 4) is 5.75 Å². The minimum atomic E-state index is -1.16. The predicted octanol–water partition coefficient (Wildman–Crippen LogP) is 1.36. The van der Waals surface area contributed by atoms with Gasteiger partial charge in [-0.25, -0.2) is 4.79 Å². The van der Waals surface area contributed by atoms with Crippen LogP contribution in [-0.2, 0) is 15.1 Å². The van der Waals surface area contributed by atoms with Crippen molar-refractivity contribution in [2.24, 2.45) is 0 Å². The predicted molar refractivity (Wildman–Crippen MR) is 76.0 cm³/mol. The molecule has 6 nitrogen and oxygen atoms in total. The number of benzene rings is 1. The van der Waals surface area contributed by atoms with E-state index in [-0.39, 0.29) is 12.3 Å². The number of carbonyl (C=O) groups excluding carboxylic acids is 3. The number of ether oxygens (including phenoxy) is 1. The Bertz CT molecular complexity index is 626. The molecule has 0 spiro atoms. The van der Waals surface area contributed by atoms with Crippen molar-refractivity contribution in [3.63, 3.8) is 0 Å². The summed E-state index contributed by atoms with van der Waals surface area (Å²) in [6.07, 6.45) is 0. The number of methoxy groups -OCH3 is 1. The largest absolute Gasteiger partial charge is 0.496 e. The molecule has 1 aromatic rings. The molecule has 1 aliphatic rings. The Labute approximate surface area is 123 Å². The van der Waals surface area contributed by atoms with Crippen LogP contribution < -0.4 is 10.1 Å². The number of hydrogen-bond donors (Lipinski definition) is 1. The Morgan fingerprint density at radius 1 is 1.38 bits per heavy atom. The third-order valence-corrected chi connectivity index (χ3v) is 3.63. The van der Waals surface area contributed by atoms with Gasteiger partial charge in [-0.15, -0.1) is 0 Å². The lowest BCUT2D eigenvalue weighted by atomic mass is 9.90. The number of nitrogens with zero attached hydrogens (tertiary/aromatic N) is 1. The molecule has 0 saturated carbocycles. The van der Waals surface area contributed by atoms with E-state index in [1.54, 1.807) is 32.2 Å². The lowest BCUT2D eigenvalue weighted by molar-refractivity contribution is -0.133. The van der Waals surface area contributed by atoms with Gasteiger partial charge < -0.3 is 10.1 Å². The zero-order valence-corrected chi connectivity index (χ0v) is 12.5. The van der Waals surface area contributed by atoms with Crippen molar-refractivity contribution in [2.75, 3.05) is 13.7 Å². The fourth-order valence-electron chi connectivity index (χ4n) is 2.45. The SMILES string of the molecule is COc1ccc(C2(C)NC(=O)N(CC(C)=O)C2=O)cc1C. The van der Waals surface area contributed by atoms with Gasteiger partial charge in [-0.2, -0.15) is 0 Å². The second-order valence-electron chi connectivity index (χ2n) is 5.33. The van der Waals surface area contributed by atoms with Gasteiger partial charge in [0.2, 0.25) is 0 Å². The first-order valence-corrected chi connectivity index (χ1v) is 6.58. The second kappa shape index (κ2) is 5.20. The molecule has 1 N–H and O–H groups in total. The molecule has 0 aliphatic carbocycles. The summed E-state index contributed by atoms with van der Waals surface area (Å²) in [4.78, 5) is 36.6. The van der Waals surface area contributed by atoms with Crippen molar-refractivity contribution in [1.82, 2.24) is 10.2 Å². The van der Waals surface area contributed by atoms with E-state index >= 15 is 0 Å². The number of hydrogen-bond acceptors (Lipinski definition) is 4. The highest BCUT2D eigenvalue weighted by Crippen LogP contribution is 2.31. The monoisotopic (exact) mass is 290 g/mol. The van der Waals surface area contributed by atoms with Gasteiger partial charge in [0.15, 0.2) is 0 Å². The first-order chi connectivity index (χ1) is 9.79. The molecule has 2 rings (SSSR count). The molecule has 1 saturated heterocycles. The van der Waals surface area contributed by atoms with E-state index in [1.165, 1.54) is 6.92 Å². The number of urea groups is 1. The average Bonchev–Trinajstić information content (AvgIpc) is 2.63. The van der Waals surface area contributed by atoms with E-state index in [0.29, 0.717) is 11.3 Å². The summed E-state index contributed by atoms with van der Waals surface area (Å²) in [5, 5.41) is 2.66. The maximum Gasteiger partial charge on any atom is 0.325 e. The number of Topliss-reactive ketones (excluding diaryl/α,β-unsaturated/α-hetero) is 1. The van der Waals surface area contributed by atoms with Crippen LogP contribution in [-0.4, -0.2) is 36.3 Å². The number of ketones is 1.